The average Bonchev–Trinajstić information content (AvgIpc) is 3.22. The van der Waals surface area contributed by atoms with Crippen molar-refractivity contribution in [2.45, 2.75) is 38.1 Å². The van der Waals surface area contributed by atoms with Crippen molar-refractivity contribution in [2.24, 2.45) is 5.41 Å². The van der Waals surface area contributed by atoms with Crippen LogP contribution in [0.15, 0.2) is 18.3 Å². The lowest BCUT2D eigenvalue weighted by molar-refractivity contribution is -0.133. The predicted molar refractivity (Wildman–Crippen MR) is 99.2 cm³/mol. The van der Waals surface area contributed by atoms with Crippen molar-refractivity contribution < 1.29 is 17.9 Å². The van der Waals surface area contributed by atoms with Gasteiger partial charge >= 0.3 is 0 Å². The van der Waals surface area contributed by atoms with E-state index in [2.05, 4.69) is 4.98 Å². The van der Waals surface area contributed by atoms with E-state index in [0.717, 1.165) is 31.4 Å². The van der Waals surface area contributed by atoms with Crippen molar-refractivity contribution in [3.05, 3.63) is 24.0 Å². The summed E-state index contributed by atoms with van der Waals surface area (Å²) in [5.74, 6) is 0.181. The number of likely N-dealkylation sites (tertiary alicyclic amines) is 1. The van der Waals surface area contributed by atoms with Gasteiger partial charge in [-0.3, -0.25) is 4.79 Å². The second kappa shape index (κ2) is 7.70. The van der Waals surface area contributed by atoms with Crippen LogP contribution in [0.2, 0.25) is 0 Å². The molecule has 26 heavy (non-hydrogen) atoms. The second-order valence-corrected chi connectivity index (χ2v) is 9.63. The molecule has 3 rings (SSSR count). The first kappa shape index (κ1) is 19.4. The Morgan fingerprint density at radius 3 is 2.69 bits per heavy atom. The number of amides is 1. The zero-order valence-corrected chi connectivity index (χ0v) is 16.4. The molecule has 0 aromatic carbocycles. The topological polar surface area (TPSA) is 82.7 Å². The predicted octanol–water partition coefficient (Wildman–Crippen LogP) is 1.24. The maximum absolute atomic E-state index is 12.5. The van der Waals surface area contributed by atoms with Crippen LogP contribution in [0, 0.1) is 5.41 Å². The van der Waals surface area contributed by atoms with Gasteiger partial charge < -0.3 is 14.6 Å². The zero-order chi connectivity index (χ0) is 18.8. The van der Waals surface area contributed by atoms with Crippen LogP contribution in [0.5, 0.6) is 0 Å². The van der Waals surface area contributed by atoms with Gasteiger partial charge in [-0.15, -0.1) is 0 Å². The second-order valence-electron chi connectivity index (χ2n) is 7.70. The number of H-pyrrole nitrogens is 1. The molecule has 2 fully saturated rings. The van der Waals surface area contributed by atoms with Crippen molar-refractivity contribution in [3.63, 3.8) is 0 Å². The number of carbonyl (C=O) groups excluding carboxylic acids is 1. The van der Waals surface area contributed by atoms with Crippen LogP contribution in [-0.2, 0) is 26.0 Å². The average molecular weight is 384 g/mol. The lowest BCUT2D eigenvalue weighted by Crippen LogP contribution is -2.44. The molecule has 3 heterocycles. The molecule has 2 aliphatic heterocycles. The molecular formula is C18H29N3O4S. The largest absolute Gasteiger partial charge is 0.383 e. The fourth-order valence-corrected chi connectivity index (χ4v) is 5.55. The molecule has 0 bridgehead atoms. The summed E-state index contributed by atoms with van der Waals surface area (Å²) in [6.07, 6.45) is 6.91. The molecule has 7 nitrogen and oxygen atoms in total. The monoisotopic (exact) mass is 383 g/mol. The Kier molecular flexibility index (Phi) is 5.74. The summed E-state index contributed by atoms with van der Waals surface area (Å²) in [5.41, 5.74) is 1.05. The molecule has 146 valence electrons. The highest BCUT2D eigenvalue weighted by molar-refractivity contribution is 7.88. The van der Waals surface area contributed by atoms with E-state index in [0.29, 0.717) is 32.7 Å². The van der Waals surface area contributed by atoms with Crippen LogP contribution in [0.3, 0.4) is 0 Å². The van der Waals surface area contributed by atoms with Gasteiger partial charge in [0.1, 0.15) is 0 Å². The van der Waals surface area contributed by atoms with Gasteiger partial charge in [-0.1, -0.05) is 0 Å². The Morgan fingerprint density at radius 1 is 1.38 bits per heavy atom. The van der Waals surface area contributed by atoms with Gasteiger partial charge in [0.15, 0.2) is 0 Å². The number of aromatic nitrogens is 1. The Hall–Kier alpha value is -1.38. The Balaban J connectivity index is 1.56. The number of sulfonamides is 1. The molecule has 1 N–H and O–H groups in total. The number of ether oxygens (including phenoxy) is 1. The molecule has 1 amide bonds. The van der Waals surface area contributed by atoms with Gasteiger partial charge in [-0.25, -0.2) is 8.42 Å². The van der Waals surface area contributed by atoms with Crippen LogP contribution in [0.4, 0.5) is 0 Å². The molecule has 0 radical (unpaired) electrons. The van der Waals surface area contributed by atoms with Gasteiger partial charge in [-0.2, -0.15) is 4.31 Å². The number of carbonyl (C=O) groups is 1. The smallest absolute Gasteiger partial charge is 0.222 e. The minimum Gasteiger partial charge on any atom is -0.383 e. The van der Waals surface area contributed by atoms with Crippen LogP contribution >= 0.6 is 0 Å². The number of nitrogens with zero attached hydrogens (tertiary/aromatic N) is 2. The Labute approximate surface area is 155 Å². The fraction of sp³-hybridized carbons (Fsp3) is 0.722. The molecule has 0 saturated carbocycles. The molecule has 1 spiro atoms. The van der Waals surface area contributed by atoms with E-state index in [1.807, 2.05) is 23.2 Å². The Morgan fingerprint density at radius 2 is 2.12 bits per heavy atom. The normalized spacial score (nSPS) is 23.6. The minimum atomic E-state index is -3.24. The fourth-order valence-electron chi connectivity index (χ4n) is 4.36. The molecular weight excluding hydrogens is 354 g/mol. The molecule has 1 aromatic heterocycles. The molecule has 8 heteroatoms. The van der Waals surface area contributed by atoms with Gasteiger partial charge in [0.05, 0.1) is 12.9 Å². The van der Waals surface area contributed by atoms with Crippen molar-refractivity contribution in [1.82, 2.24) is 14.2 Å². The summed E-state index contributed by atoms with van der Waals surface area (Å²) in [7, 11) is -1.64. The first-order valence-electron chi connectivity index (χ1n) is 9.19. The van der Waals surface area contributed by atoms with E-state index in [-0.39, 0.29) is 17.4 Å². The van der Waals surface area contributed by atoms with Gasteiger partial charge in [0.25, 0.3) is 0 Å². The van der Waals surface area contributed by atoms with E-state index in [1.165, 1.54) is 6.26 Å². The highest BCUT2D eigenvalue weighted by atomic mass is 32.2. The lowest BCUT2D eigenvalue weighted by atomic mass is 9.76. The number of hydrogen-bond acceptors (Lipinski definition) is 4. The minimum absolute atomic E-state index is 0.0253. The van der Waals surface area contributed by atoms with Crippen molar-refractivity contribution in [1.29, 1.82) is 0 Å². The maximum atomic E-state index is 12.5. The molecule has 1 aromatic rings. The lowest BCUT2D eigenvalue weighted by Gasteiger charge is -2.39. The highest BCUT2D eigenvalue weighted by Crippen LogP contribution is 2.44. The standard InChI is InChI=1S/C18H29N3O4S/c1-25-13-16-12-18(14-21(16)26(2,23)24)7-10-20(11-8-18)17(22)6-5-15-4-3-9-19-15/h3-4,9,16,19H,5-8,10-14H2,1-2H3. The third kappa shape index (κ3) is 4.29. The SMILES string of the molecule is COCC1CC2(CCN(C(=O)CCc3ccc[nH]3)CC2)CN1S(C)(=O)=O. The van der Waals surface area contributed by atoms with Crippen LogP contribution in [0.25, 0.3) is 0 Å². The third-order valence-corrected chi connectivity index (χ3v) is 7.08. The summed E-state index contributed by atoms with van der Waals surface area (Å²) >= 11 is 0. The molecule has 1 unspecified atom stereocenters. The number of methoxy groups -OCH3 is 1. The van der Waals surface area contributed by atoms with Crippen molar-refractivity contribution >= 4 is 15.9 Å². The van der Waals surface area contributed by atoms with Crippen LogP contribution < -0.4 is 0 Å². The van der Waals surface area contributed by atoms with E-state index in [9.17, 15) is 13.2 Å². The molecule has 2 aliphatic rings. The summed E-state index contributed by atoms with van der Waals surface area (Å²) < 4.78 is 31.1. The van der Waals surface area contributed by atoms with Gasteiger partial charge in [0.2, 0.25) is 15.9 Å². The summed E-state index contributed by atoms with van der Waals surface area (Å²) in [4.78, 5) is 17.5. The summed E-state index contributed by atoms with van der Waals surface area (Å²) in [6, 6.07) is 3.84. The number of piperidine rings is 1. The molecule has 2 saturated heterocycles. The van der Waals surface area contributed by atoms with Gasteiger partial charge in [0, 0.05) is 51.1 Å². The first-order chi connectivity index (χ1) is 12.3. The van der Waals surface area contributed by atoms with Crippen LogP contribution in [0.1, 0.15) is 31.4 Å². The summed E-state index contributed by atoms with van der Waals surface area (Å²) in [5, 5.41) is 0. The van der Waals surface area contributed by atoms with E-state index in [4.69, 9.17) is 4.74 Å². The van der Waals surface area contributed by atoms with Crippen molar-refractivity contribution in [3.8, 4) is 0 Å². The number of hydrogen-bond donors (Lipinski definition) is 1. The number of aromatic amines is 1. The van der Waals surface area contributed by atoms with E-state index >= 15 is 0 Å². The highest BCUT2D eigenvalue weighted by Gasteiger charge is 2.48. The number of nitrogens with one attached hydrogen (secondary N) is 1. The first-order valence-corrected chi connectivity index (χ1v) is 11.0. The van der Waals surface area contributed by atoms with Crippen molar-refractivity contribution in [2.75, 3.05) is 39.6 Å². The summed E-state index contributed by atoms with van der Waals surface area (Å²) in [6.45, 7) is 2.39. The molecule has 0 aliphatic carbocycles. The number of rotatable bonds is 6. The molecule has 1 atom stereocenters. The zero-order valence-electron chi connectivity index (χ0n) is 15.6. The number of aryl methyl sites for hydroxylation is 1. The van der Waals surface area contributed by atoms with Gasteiger partial charge in [-0.05, 0) is 43.2 Å². The van der Waals surface area contributed by atoms with E-state index in [1.54, 1.807) is 11.4 Å². The Bertz CT molecular complexity index is 709. The third-order valence-electron chi connectivity index (χ3n) is 5.80. The van der Waals surface area contributed by atoms with E-state index < -0.39 is 10.0 Å². The maximum Gasteiger partial charge on any atom is 0.222 e. The van der Waals surface area contributed by atoms with Crippen LogP contribution in [-0.4, -0.2) is 74.2 Å². The quantitative estimate of drug-likeness (QED) is 0.801.